The number of nitro groups is 2. The quantitative estimate of drug-likeness (QED) is 0.467. The van der Waals surface area contributed by atoms with E-state index in [-0.39, 0.29) is 28.7 Å². The maximum atomic E-state index is 11.9. The van der Waals surface area contributed by atoms with E-state index in [1.54, 1.807) is 12.1 Å². The molecular weight excluding hydrogens is 476 g/mol. The van der Waals surface area contributed by atoms with Crippen molar-refractivity contribution in [1.29, 1.82) is 0 Å². The molecular formula is C24H28N2O10. The fraction of sp³-hybridized carbons (Fsp3) is 0.417. The summed E-state index contributed by atoms with van der Waals surface area (Å²) < 4.78 is 15.9. The molecule has 2 aliphatic heterocycles. The third-order valence-corrected chi connectivity index (χ3v) is 5.44. The molecule has 12 nitrogen and oxygen atoms in total. The molecule has 0 bridgehead atoms. The van der Waals surface area contributed by atoms with Crippen molar-refractivity contribution in [1.82, 2.24) is 0 Å². The minimum atomic E-state index is -1.01. The lowest BCUT2D eigenvalue weighted by molar-refractivity contribution is -0.386. The highest BCUT2D eigenvalue weighted by Gasteiger charge is 2.41. The van der Waals surface area contributed by atoms with Gasteiger partial charge in [-0.2, -0.15) is 0 Å². The van der Waals surface area contributed by atoms with E-state index in [0.717, 1.165) is 0 Å². The number of para-hydroxylation sites is 4. The average molecular weight is 504 g/mol. The van der Waals surface area contributed by atoms with E-state index in [2.05, 4.69) is 0 Å². The van der Waals surface area contributed by atoms with Crippen molar-refractivity contribution in [2.45, 2.75) is 38.2 Å². The molecule has 4 rings (SSSR count). The Morgan fingerprint density at radius 1 is 0.889 bits per heavy atom. The Balaban J connectivity index is 0.000000222. The highest BCUT2D eigenvalue weighted by atomic mass is 16.6. The molecule has 0 amide bonds. The van der Waals surface area contributed by atoms with Crippen molar-refractivity contribution in [3.8, 4) is 11.5 Å². The monoisotopic (exact) mass is 504 g/mol. The van der Waals surface area contributed by atoms with Gasteiger partial charge in [0.25, 0.3) is 0 Å². The molecule has 2 saturated heterocycles. The molecule has 2 aliphatic rings. The number of ketones is 2. The minimum absolute atomic E-state index is 0.129. The lowest BCUT2D eigenvalue weighted by Crippen LogP contribution is -2.48. The molecule has 0 radical (unpaired) electrons. The number of benzene rings is 2. The van der Waals surface area contributed by atoms with E-state index in [1.807, 2.05) is 0 Å². The van der Waals surface area contributed by atoms with Crippen LogP contribution in [0.15, 0.2) is 48.5 Å². The van der Waals surface area contributed by atoms with Crippen LogP contribution in [-0.2, 0) is 19.1 Å². The van der Waals surface area contributed by atoms with Gasteiger partial charge in [-0.1, -0.05) is 24.3 Å². The number of Topliss-reactive ketones (excluding diaryl/α,β-unsaturated/α-hetero) is 2. The van der Waals surface area contributed by atoms with Crippen LogP contribution < -0.4 is 4.74 Å². The molecule has 0 spiro atoms. The van der Waals surface area contributed by atoms with Gasteiger partial charge in [-0.25, -0.2) is 0 Å². The molecule has 2 aromatic rings. The molecule has 0 aliphatic carbocycles. The minimum Gasteiger partial charge on any atom is -0.502 e. The van der Waals surface area contributed by atoms with Gasteiger partial charge < -0.3 is 19.3 Å². The fourth-order valence-corrected chi connectivity index (χ4v) is 3.35. The standard InChI is InChI=1S/C13H15NO5.C6H5NO3.C5H8O2/c1-10(15)13(6-8-18-9-7-13)19-12-5-3-2-4-11(12)14(16)17;8-6-4-2-1-3-5(6)7(9)10;6-5-1-3-7-4-2-5/h2-5H,6-9H2,1H3;1-4,8H;1-4H2. The zero-order valence-corrected chi connectivity index (χ0v) is 19.8. The van der Waals surface area contributed by atoms with E-state index in [9.17, 15) is 29.8 Å². The fourth-order valence-electron chi connectivity index (χ4n) is 3.35. The van der Waals surface area contributed by atoms with Gasteiger partial charge in [0.15, 0.2) is 22.9 Å². The number of nitro benzene ring substituents is 2. The van der Waals surface area contributed by atoms with Crippen molar-refractivity contribution in [3.05, 3.63) is 68.8 Å². The lowest BCUT2D eigenvalue weighted by atomic mass is 9.90. The van der Waals surface area contributed by atoms with E-state index in [0.29, 0.717) is 57.9 Å². The molecule has 2 aromatic carbocycles. The van der Waals surface area contributed by atoms with Gasteiger partial charge in [0, 0.05) is 37.8 Å². The van der Waals surface area contributed by atoms with Crippen molar-refractivity contribution in [2.75, 3.05) is 26.4 Å². The van der Waals surface area contributed by atoms with Gasteiger partial charge in [0.2, 0.25) is 0 Å². The predicted molar refractivity (Wildman–Crippen MR) is 127 cm³/mol. The number of phenols is 1. The Bertz CT molecular complexity index is 1060. The van der Waals surface area contributed by atoms with E-state index in [4.69, 9.17) is 19.3 Å². The van der Waals surface area contributed by atoms with Crippen LogP contribution in [0.1, 0.15) is 32.6 Å². The zero-order chi connectivity index (χ0) is 26.6. The van der Waals surface area contributed by atoms with Crippen LogP contribution in [-0.4, -0.2) is 58.5 Å². The summed E-state index contributed by atoms with van der Waals surface area (Å²) in [7, 11) is 0. The first kappa shape index (κ1) is 28.3. The molecule has 2 heterocycles. The number of carbonyl (C=O) groups excluding carboxylic acids is 2. The van der Waals surface area contributed by atoms with E-state index >= 15 is 0 Å². The van der Waals surface area contributed by atoms with Crippen LogP contribution in [0.25, 0.3) is 0 Å². The van der Waals surface area contributed by atoms with Gasteiger partial charge in [0.1, 0.15) is 5.78 Å². The van der Waals surface area contributed by atoms with Crippen molar-refractivity contribution in [2.24, 2.45) is 0 Å². The summed E-state index contributed by atoms with van der Waals surface area (Å²) in [5, 5.41) is 29.9. The molecule has 194 valence electrons. The Morgan fingerprint density at radius 3 is 1.83 bits per heavy atom. The Labute approximate surface area is 207 Å². The summed E-state index contributed by atoms with van der Waals surface area (Å²) >= 11 is 0. The normalized spacial score (nSPS) is 16.3. The largest absolute Gasteiger partial charge is 0.502 e. The highest BCUT2D eigenvalue weighted by molar-refractivity contribution is 5.85. The average Bonchev–Trinajstić information content (AvgIpc) is 2.86. The number of hydrogen-bond acceptors (Lipinski definition) is 10. The van der Waals surface area contributed by atoms with E-state index < -0.39 is 15.4 Å². The number of nitrogens with zero attached hydrogens (tertiary/aromatic N) is 2. The molecule has 0 unspecified atom stereocenters. The summed E-state index contributed by atoms with van der Waals surface area (Å²) in [5.74, 6) is 0.0392. The van der Waals surface area contributed by atoms with Gasteiger partial charge in [-0.15, -0.1) is 0 Å². The molecule has 1 N–H and O–H groups in total. The topological polar surface area (TPSA) is 168 Å². The first-order valence-electron chi connectivity index (χ1n) is 11.2. The third-order valence-electron chi connectivity index (χ3n) is 5.44. The van der Waals surface area contributed by atoms with Gasteiger partial charge in [0.05, 0.1) is 36.3 Å². The highest BCUT2D eigenvalue weighted by Crippen LogP contribution is 2.34. The zero-order valence-electron chi connectivity index (χ0n) is 19.8. The second-order valence-corrected chi connectivity index (χ2v) is 7.89. The predicted octanol–water partition coefficient (Wildman–Crippen LogP) is 3.78. The molecule has 36 heavy (non-hydrogen) atoms. The number of ether oxygens (including phenoxy) is 3. The van der Waals surface area contributed by atoms with Gasteiger partial charge in [-0.05, 0) is 19.1 Å². The Morgan fingerprint density at radius 2 is 1.39 bits per heavy atom. The SMILES string of the molecule is CC(=O)C1(Oc2ccccc2[N+](=O)[O-])CCOCC1.O=C1CCOCC1.O=[N+]([O-])c1ccccc1O. The molecule has 2 fully saturated rings. The summed E-state index contributed by atoms with van der Waals surface area (Å²) in [6.45, 7) is 3.55. The molecule has 12 heteroatoms. The summed E-state index contributed by atoms with van der Waals surface area (Å²) in [5.41, 5.74) is -1.40. The molecule has 0 atom stereocenters. The summed E-state index contributed by atoms with van der Waals surface area (Å²) in [6, 6.07) is 11.6. The second-order valence-electron chi connectivity index (χ2n) is 7.89. The van der Waals surface area contributed by atoms with Crippen LogP contribution >= 0.6 is 0 Å². The van der Waals surface area contributed by atoms with Crippen molar-refractivity contribution >= 4 is 22.9 Å². The van der Waals surface area contributed by atoms with Crippen LogP contribution in [0, 0.1) is 20.2 Å². The Kier molecular flexibility index (Phi) is 10.9. The maximum Gasteiger partial charge on any atom is 0.310 e. The maximum absolute atomic E-state index is 11.9. The lowest BCUT2D eigenvalue weighted by Gasteiger charge is -2.35. The van der Waals surface area contributed by atoms with Crippen molar-refractivity contribution < 1.29 is 38.8 Å². The Hall–Kier alpha value is -3.90. The second kappa shape index (κ2) is 13.9. The first-order chi connectivity index (χ1) is 17.2. The molecule has 0 aromatic heterocycles. The number of phenolic OH excluding ortho intramolecular Hbond substituents is 1. The number of rotatable bonds is 5. The smallest absolute Gasteiger partial charge is 0.310 e. The van der Waals surface area contributed by atoms with Crippen LogP contribution in [0.2, 0.25) is 0 Å². The van der Waals surface area contributed by atoms with E-state index in [1.165, 1.54) is 43.3 Å². The van der Waals surface area contributed by atoms with Crippen LogP contribution in [0.3, 0.4) is 0 Å². The summed E-state index contributed by atoms with van der Waals surface area (Å²) in [4.78, 5) is 42.1. The number of carbonyl (C=O) groups is 2. The van der Waals surface area contributed by atoms with Gasteiger partial charge >= 0.3 is 11.4 Å². The number of hydrogen-bond donors (Lipinski definition) is 1. The van der Waals surface area contributed by atoms with Crippen LogP contribution in [0.4, 0.5) is 11.4 Å². The first-order valence-corrected chi connectivity index (χ1v) is 11.2. The summed E-state index contributed by atoms with van der Waals surface area (Å²) in [6.07, 6.45) is 2.07. The molecule has 0 saturated carbocycles. The number of aromatic hydroxyl groups is 1. The van der Waals surface area contributed by atoms with Gasteiger partial charge in [-0.3, -0.25) is 29.8 Å². The van der Waals surface area contributed by atoms with Crippen molar-refractivity contribution in [3.63, 3.8) is 0 Å². The van der Waals surface area contributed by atoms with Crippen LogP contribution in [0.5, 0.6) is 11.5 Å². The third kappa shape index (κ3) is 8.40.